The summed E-state index contributed by atoms with van der Waals surface area (Å²) in [7, 11) is 3.76. The monoisotopic (exact) mass is 215 g/mol. The zero-order valence-corrected chi connectivity index (χ0v) is 10.5. The average Bonchev–Trinajstić information content (AvgIpc) is 2.13. The molecule has 0 heterocycles. The van der Waals surface area contributed by atoms with Crippen molar-refractivity contribution >= 4 is 5.91 Å². The zero-order chi connectivity index (χ0) is 11.9. The molecule has 0 aromatic heterocycles. The Morgan fingerprint density at radius 1 is 1.47 bits per heavy atom. The minimum Gasteiger partial charge on any atom is -0.346 e. The first-order valence-electron chi connectivity index (χ1n) is 5.54. The van der Waals surface area contributed by atoms with Crippen molar-refractivity contribution in [3.63, 3.8) is 0 Å². The lowest BCUT2D eigenvalue weighted by molar-refractivity contribution is -0.130. The number of hydrogen-bond acceptors (Lipinski definition) is 3. The maximum atomic E-state index is 11.6. The van der Waals surface area contributed by atoms with Crippen LogP contribution >= 0.6 is 0 Å². The average molecular weight is 215 g/mol. The summed E-state index contributed by atoms with van der Waals surface area (Å²) < 4.78 is 0. The third kappa shape index (κ3) is 8.39. The maximum absolute atomic E-state index is 11.6. The number of nitrogens with one attached hydrogen (secondary N) is 1. The molecular weight excluding hydrogens is 190 g/mol. The van der Waals surface area contributed by atoms with Gasteiger partial charge < -0.3 is 16.0 Å². The summed E-state index contributed by atoms with van der Waals surface area (Å²) in [5, 5.41) is 3.06. The van der Waals surface area contributed by atoms with E-state index in [0.717, 1.165) is 25.9 Å². The predicted molar refractivity (Wildman–Crippen MR) is 63.7 cm³/mol. The summed E-state index contributed by atoms with van der Waals surface area (Å²) in [4.78, 5) is 13.4. The summed E-state index contributed by atoms with van der Waals surface area (Å²) in [6.07, 6.45) is 2.27. The van der Waals surface area contributed by atoms with E-state index < -0.39 is 0 Å². The van der Waals surface area contributed by atoms with Crippen LogP contribution in [0.25, 0.3) is 0 Å². The van der Waals surface area contributed by atoms with Crippen LogP contribution in [0, 0.1) is 0 Å². The molecule has 0 aromatic carbocycles. The Morgan fingerprint density at radius 2 is 2.07 bits per heavy atom. The van der Waals surface area contributed by atoms with Gasteiger partial charge in [0, 0.05) is 25.6 Å². The minimum atomic E-state index is -0.249. The fraction of sp³-hybridized carbons (Fsp3) is 0.909. The van der Waals surface area contributed by atoms with Gasteiger partial charge in [0.25, 0.3) is 0 Å². The van der Waals surface area contributed by atoms with Crippen molar-refractivity contribution in [3.8, 4) is 0 Å². The van der Waals surface area contributed by atoms with Crippen LogP contribution in [-0.4, -0.2) is 43.5 Å². The molecule has 0 unspecified atom stereocenters. The highest BCUT2D eigenvalue weighted by atomic mass is 16.2. The third-order valence-electron chi connectivity index (χ3n) is 2.33. The van der Waals surface area contributed by atoms with Gasteiger partial charge in [-0.3, -0.25) is 4.79 Å². The molecule has 0 bridgehead atoms. The van der Waals surface area contributed by atoms with Crippen LogP contribution in [0.5, 0.6) is 0 Å². The Balaban J connectivity index is 3.70. The quantitative estimate of drug-likeness (QED) is 0.611. The zero-order valence-electron chi connectivity index (χ0n) is 10.5. The van der Waals surface area contributed by atoms with Crippen molar-refractivity contribution in [2.24, 2.45) is 5.73 Å². The third-order valence-corrected chi connectivity index (χ3v) is 2.33. The molecule has 0 saturated heterocycles. The van der Waals surface area contributed by atoms with Crippen molar-refractivity contribution in [1.29, 1.82) is 0 Å². The van der Waals surface area contributed by atoms with E-state index in [1.807, 2.05) is 27.9 Å². The molecule has 0 rings (SSSR count). The summed E-state index contributed by atoms with van der Waals surface area (Å²) in [5.74, 6) is 0.185. The van der Waals surface area contributed by atoms with E-state index in [0.29, 0.717) is 6.42 Å². The van der Waals surface area contributed by atoms with E-state index in [2.05, 4.69) is 5.32 Å². The normalized spacial score (nSPS) is 11.5. The molecule has 0 fully saturated rings. The van der Waals surface area contributed by atoms with E-state index in [9.17, 15) is 4.79 Å². The van der Waals surface area contributed by atoms with Crippen molar-refractivity contribution in [2.45, 2.75) is 38.6 Å². The Labute approximate surface area is 93.2 Å². The summed E-state index contributed by atoms with van der Waals surface area (Å²) in [5.41, 5.74) is 5.58. The topological polar surface area (TPSA) is 58.4 Å². The fourth-order valence-corrected chi connectivity index (χ4v) is 1.24. The SMILES string of the molecule is CNCCCN(C)C(=O)CCC(C)(C)N. The van der Waals surface area contributed by atoms with E-state index in [-0.39, 0.29) is 11.4 Å². The van der Waals surface area contributed by atoms with Crippen LogP contribution < -0.4 is 11.1 Å². The Kier molecular flexibility index (Phi) is 6.52. The maximum Gasteiger partial charge on any atom is 0.222 e. The molecule has 4 heteroatoms. The Bertz CT molecular complexity index is 187. The molecule has 0 aliphatic heterocycles. The molecule has 0 atom stereocenters. The van der Waals surface area contributed by atoms with E-state index in [1.165, 1.54) is 0 Å². The van der Waals surface area contributed by atoms with Gasteiger partial charge in [0.1, 0.15) is 0 Å². The van der Waals surface area contributed by atoms with Crippen LogP contribution in [0.3, 0.4) is 0 Å². The van der Waals surface area contributed by atoms with E-state index in [1.54, 1.807) is 4.90 Å². The highest BCUT2D eigenvalue weighted by Crippen LogP contribution is 2.08. The molecule has 0 aliphatic carbocycles. The fourth-order valence-electron chi connectivity index (χ4n) is 1.24. The number of hydrogen-bond donors (Lipinski definition) is 2. The van der Waals surface area contributed by atoms with Gasteiger partial charge in [-0.15, -0.1) is 0 Å². The smallest absolute Gasteiger partial charge is 0.222 e. The number of rotatable bonds is 7. The van der Waals surface area contributed by atoms with Crippen molar-refractivity contribution in [2.75, 3.05) is 27.2 Å². The lowest BCUT2D eigenvalue weighted by atomic mass is 10.00. The van der Waals surface area contributed by atoms with Crippen molar-refractivity contribution < 1.29 is 4.79 Å². The van der Waals surface area contributed by atoms with E-state index in [4.69, 9.17) is 5.73 Å². The van der Waals surface area contributed by atoms with Crippen LogP contribution in [0.2, 0.25) is 0 Å². The van der Waals surface area contributed by atoms with Gasteiger partial charge in [0.15, 0.2) is 0 Å². The molecule has 0 aromatic rings. The summed E-state index contributed by atoms with van der Waals surface area (Å²) in [6, 6.07) is 0. The first kappa shape index (κ1) is 14.4. The highest BCUT2D eigenvalue weighted by molar-refractivity contribution is 5.75. The number of nitrogens with zero attached hydrogens (tertiary/aromatic N) is 1. The van der Waals surface area contributed by atoms with Gasteiger partial charge in [-0.05, 0) is 40.3 Å². The predicted octanol–water partition coefficient (Wildman–Crippen LogP) is 0.572. The molecule has 0 spiro atoms. The molecule has 4 nitrogen and oxygen atoms in total. The number of carbonyl (C=O) groups excluding carboxylic acids is 1. The van der Waals surface area contributed by atoms with Crippen molar-refractivity contribution in [1.82, 2.24) is 10.2 Å². The molecule has 15 heavy (non-hydrogen) atoms. The summed E-state index contributed by atoms with van der Waals surface area (Å²) in [6.45, 7) is 5.65. The van der Waals surface area contributed by atoms with Crippen LogP contribution in [0.15, 0.2) is 0 Å². The first-order valence-corrected chi connectivity index (χ1v) is 5.54. The second kappa shape index (κ2) is 6.80. The first-order chi connectivity index (χ1) is 6.87. The highest BCUT2D eigenvalue weighted by Gasteiger charge is 2.15. The van der Waals surface area contributed by atoms with Crippen LogP contribution in [-0.2, 0) is 4.79 Å². The molecule has 0 saturated carbocycles. The molecule has 1 amide bonds. The number of nitrogens with two attached hydrogens (primary N) is 1. The van der Waals surface area contributed by atoms with Crippen molar-refractivity contribution in [3.05, 3.63) is 0 Å². The molecular formula is C11H25N3O. The Morgan fingerprint density at radius 3 is 2.53 bits per heavy atom. The minimum absolute atomic E-state index is 0.185. The second-order valence-corrected chi connectivity index (χ2v) is 4.76. The second-order valence-electron chi connectivity index (χ2n) is 4.76. The van der Waals surface area contributed by atoms with Crippen LogP contribution in [0.1, 0.15) is 33.1 Å². The van der Waals surface area contributed by atoms with Gasteiger partial charge >= 0.3 is 0 Å². The standard InChI is InChI=1S/C11H25N3O/c1-11(2,12)7-6-10(15)14(4)9-5-8-13-3/h13H,5-9,12H2,1-4H3. The lowest BCUT2D eigenvalue weighted by Crippen LogP contribution is -2.35. The molecule has 90 valence electrons. The van der Waals surface area contributed by atoms with Gasteiger partial charge in [0.2, 0.25) is 5.91 Å². The van der Waals surface area contributed by atoms with Gasteiger partial charge in [0.05, 0.1) is 0 Å². The Hall–Kier alpha value is -0.610. The van der Waals surface area contributed by atoms with Crippen LogP contribution in [0.4, 0.5) is 0 Å². The summed E-state index contributed by atoms with van der Waals surface area (Å²) >= 11 is 0. The largest absolute Gasteiger partial charge is 0.346 e. The molecule has 0 aliphatic rings. The number of amides is 1. The van der Waals surface area contributed by atoms with Gasteiger partial charge in [-0.1, -0.05) is 0 Å². The molecule has 3 N–H and O–H groups in total. The van der Waals surface area contributed by atoms with Gasteiger partial charge in [-0.2, -0.15) is 0 Å². The van der Waals surface area contributed by atoms with E-state index >= 15 is 0 Å². The number of carbonyl (C=O) groups is 1. The van der Waals surface area contributed by atoms with Gasteiger partial charge in [-0.25, -0.2) is 0 Å². The lowest BCUT2D eigenvalue weighted by Gasteiger charge is -2.21. The molecule has 0 radical (unpaired) electrons.